The van der Waals surface area contributed by atoms with E-state index >= 15 is 0 Å². The van der Waals surface area contributed by atoms with Crippen molar-refractivity contribution in [2.45, 2.75) is 211 Å². The van der Waals surface area contributed by atoms with Crippen LogP contribution in [-0.4, -0.2) is 168 Å². The van der Waals surface area contributed by atoms with Crippen LogP contribution in [0.3, 0.4) is 0 Å². The zero-order valence-corrected chi connectivity index (χ0v) is 44.8. The number of cyclic esters (lactones) is 1. The molecule has 4 rings (SSSR count). The summed E-state index contributed by atoms with van der Waals surface area (Å²) in [6.45, 7) is 21.6. The number of methoxy groups -OCH3 is 1. The smallest absolute Gasteiger partial charge is 0.416 e. The molecule has 0 radical (unpaired) electrons. The second kappa shape index (κ2) is 24.1. The van der Waals surface area contributed by atoms with Crippen molar-refractivity contribution in [3.63, 3.8) is 0 Å². The van der Waals surface area contributed by atoms with Gasteiger partial charge < -0.3 is 64.6 Å². The first-order valence-electron chi connectivity index (χ1n) is 24.9. The van der Waals surface area contributed by atoms with Crippen LogP contribution in [0, 0.1) is 23.7 Å². The van der Waals surface area contributed by atoms with E-state index in [0.717, 1.165) is 35.0 Å². The molecule has 0 unspecified atom stereocenters. The van der Waals surface area contributed by atoms with Gasteiger partial charge in [-0.1, -0.05) is 34.6 Å². The Labute approximate surface area is 419 Å². The number of esters is 1. The Balaban J connectivity index is 1.78. The monoisotopic (exact) mass is 1040 g/mol. The number of aliphatic hydroxyl groups excluding tert-OH is 2. The average Bonchev–Trinajstić information content (AvgIpc) is 3.27. The van der Waals surface area contributed by atoms with Gasteiger partial charge >= 0.3 is 22.4 Å². The number of hydrogen-bond donors (Lipinski definition) is 8. The van der Waals surface area contributed by atoms with Crippen molar-refractivity contribution in [1.82, 2.24) is 14.9 Å². The van der Waals surface area contributed by atoms with Crippen LogP contribution in [0.25, 0.3) is 0 Å². The molecule has 3 aliphatic rings. The van der Waals surface area contributed by atoms with E-state index in [4.69, 9.17) is 28.4 Å². The Morgan fingerprint density at radius 3 is 2.15 bits per heavy atom. The fraction of sp³-hybridized carbons (Fsp3) is 0.857. The lowest BCUT2D eigenvalue weighted by Gasteiger charge is -2.53. The number of benzene rings is 1. The number of hydrogen-bond acceptors (Lipinski definition) is 16. The van der Waals surface area contributed by atoms with Crippen LogP contribution >= 0.6 is 0 Å². The Hall–Kier alpha value is -2.29. The summed E-state index contributed by atoms with van der Waals surface area (Å²) in [5.74, 6) is -3.00. The zero-order valence-electron chi connectivity index (χ0n) is 44.0. The first-order valence-corrected chi connectivity index (χ1v) is 26.4. The molecular formula is C49H85F3N4O14S. The molecule has 1 aromatic carbocycles. The number of anilines is 1. The molecule has 0 aromatic heterocycles. The van der Waals surface area contributed by atoms with E-state index in [-0.39, 0.29) is 50.4 Å². The number of ether oxygens (including phenoxy) is 6. The molecule has 3 aliphatic heterocycles. The maximum Gasteiger partial charge on any atom is 0.416 e. The topological polar surface area (TPSA) is 247 Å². The highest BCUT2D eigenvalue weighted by Gasteiger charge is 2.58. The van der Waals surface area contributed by atoms with Crippen LogP contribution in [0.1, 0.15) is 121 Å². The van der Waals surface area contributed by atoms with E-state index in [0.29, 0.717) is 12.5 Å². The van der Waals surface area contributed by atoms with Gasteiger partial charge in [-0.3, -0.25) is 9.52 Å². The van der Waals surface area contributed by atoms with E-state index in [1.165, 1.54) is 28.0 Å². The highest BCUT2D eigenvalue weighted by Crippen LogP contribution is 2.43. The molecule has 22 heteroatoms. The standard InChI is InChI=1S/C49H85F3N4O14S/c1-15-37-47(12,61)41(58)32(8)54-25-28(4)23-45(10,60)42(70-44-39(57)36(22-29(5)66-44)56(13)71(63,64)55-35-18-16-34(17-19-35)49(50,51)52)30(6)40(31(7)43(59)68-37)69-38-24-46(11,65-14)48(62,33(9)67-38)26-53-21-20-27(2)3/h16-19,27-33,36-42,44,53-55,57-58,60-62H,15,20-26H2,1-14H3/t28-,29-,30+,31-,32-,33+,36+,37-,38+,39-,40+,41-,42-,44+,45-,46-,47-,48+/m1/s1. The SMILES string of the molecule is CC[C@H]1OC(=O)[C@H](C)[C@@H](O[C@H]2C[C@@](C)(OC)[C@](O)(CNCCC(C)C)[C@H](C)O2)[C@H](C)[C@@H](O[C@@H]2O[C@H](C)C[C@H](N(C)S(=O)(=O)Nc3ccc(C(F)(F)F)cc3)[C@H]2O)[C@](C)(O)C[C@@H](C)CN[C@H](C)[C@@H](O)[C@]1(C)O. The van der Waals surface area contributed by atoms with Gasteiger partial charge in [0, 0.05) is 44.8 Å². The minimum Gasteiger partial charge on any atom is -0.459 e. The van der Waals surface area contributed by atoms with E-state index in [9.17, 15) is 51.9 Å². The first kappa shape index (κ1) is 61.3. The van der Waals surface area contributed by atoms with Crippen molar-refractivity contribution >= 4 is 21.9 Å². The predicted molar refractivity (Wildman–Crippen MR) is 259 cm³/mol. The number of nitrogens with zero attached hydrogens (tertiary/aromatic N) is 1. The molecule has 0 aliphatic carbocycles. The van der Waals surface area contributed by atoms with Crippen LogP contribution in [0.15, 0.2) is 24.3 Å². The molecule has 18 nitrogen and oxygen atoms in total. The van der Waals surface area contributed by atoms with Crippen molar-refractivity contribution in [2.24, 2.45) is 23.7 Å². The van der Waals surface area contributed by atoms with E-state index in [1.54, 1.807) is 48.5 Å². The highest BCUT2D eigenvalue weighted by atomic mass is 32.2. The van der Waals surface area contributed by atoms with Crippen LogP contribution < -0.4 is 15.4 Å². The molecule has 3 fully saturated rings. The van der Waals surface area contributed by atoms with Crippen molar-refractivity contribution in [3.05, 3.63) is 29.8 Å². The molecule has 0 bridgehead atoms. The predicted octanol–water partition coefficient (Wildman–Crippen LogP) is 4.31. The lowest BCUT2D eigenvalue weighted by atomic mass is 9.75. The average molecular weight is 1040 g/mol. The van der Waals surface area contributed by atoms with Gasteiger partial charge in [-0.2, -0.15) is 25.9 Å². The second-order valence-electron chi connectivity index (χ2n) is 21.6. The Kier molecular flexibility index (Phi) is 20.8. The van der Waals surface area contributed by atoms with Crippen LogP contribution in [-0.2, 0) is 49.6 Å². The van der Waals surface area contributed by atoms with Crippen molar-refractivity contribution in [1.29, 1.82) is 0 Å². The number of rotatable bonds is 15. The van der Waals surface area contributed by atoms with E-state index in [1.807, 2.05) is 6.92 Å². The molecule has 71 heavy (non-hydrogen) atoms. The van der Waals surface area contributed by atoms with Gasteiger partial charge in [-0.05, 0) is 123 Å². The Bertz CT molecular complexity index is 1970. The van der Waals surface area contributed by atoms with Crippen LogP contribution in [0.2, 0.25) is 0 Å². The molecule has 1 aromatic rings. The number of halogens is 3. The number of nitrogens with one attached hydrogen (secondary N) is 3. The lowest BCUT2D eigenvalue weighted by Crippen LogP contribution is -2.70. The van der Waals surface area contributed by atoms with Crippen LogP contribution in [0.5, 0.6) is 0 Å². The molecular weight excluding hydrogens is 958 g/mol. The first-order chi connectivity index (χ1) is 32.6. The molecule has 3 heterocycles. The molecule has 0 spiro atoms. The van der Waals surface area contributed by atoms with Gasteiger partial charge in [-0.25, -0.2) is 0 Å². The van der Waals surface area contributed by atoms with Crippen molar-refractivity contribution in [2.75, 3.05) is 38.5 Å². The number of alkyl halides is 3. The zero-order chi connectivity index (χ0) is 53.8. The van der Waals surface area contributed by atoms with Crippen molar-refractivity contribution in [3.8, 4) is 0 Å². The summed E-state index contributed by atoms with van der Waals surface area (Å²) < 4.78 is 109. The van der Waals surface area contributed by atoms with Gasteiger partial charge in [0.25, 0.3) is 0 Å². The van der Waals surface area contributed by atoms with Gasteiger partial charge in [0.1, 0.15) is 35.1 Å². The maximum atomic E-state index is 14.5. The third-order valence-electron chi connectivity index (χ3n) is 15.1. The van der Waals surface area contributed by atoms with E-state index < -0.39 is 130 Å². The second-order valence-corrected chi connectivity index (χ2v) is 23.3. The molecule has 8 N–H and O–H groups in total. The quantitative estimate of drug-likeness (QED) is 0.0901. The molecule has 0 saturated carbocycles. The molecule has 18 atom stereocenters. The third-order valence-corrected chi connectivity index (χ3v) is 16.7. The fourth-order valence-corrected chi connectivity index (χ4v) is 11.5. The minimum absolute atomic E-state index is 0.0139. The normalized spacial score (nSPS) is 40.8. The molecule has 3 saturated heterocycles. The Morgan fingerprint density at radius 1 is 0.972 bits per heavy atom. The van der Waals surface area contributed by atoms with Gasteiger partial charge in [-0.15, -0.1) is 0 Å². The number of aliphatic hydroxyl groups is 5. The summed E-state index contributed by atoms with van der Waals surface area (Å²) in [6.07, 6.45) is -15.1. The van der Waals surface area contributed by atoms with Crippen LogP contribution in [0.4, 0.5) is 18.9 Å². The summed E-state index contributed by atoms with van der Waals surface area (Å²) in [7, 11) is -1.85. The minimum atomic E-state index is -4.64. The van der Waals surface area contributed by atoms with Crippen molar-refractivity contribution < 1.29 is 80.3 Å². The third kappa shape index (κ3) is 14.6. The van der Waals surface area contributed by atoms with Gasteiger partial charge in [0.15, 0.2) is 12.6 Å². The highest BCUT2D eigenvalue weighted by molar-refractivity contribution is 7.90. The largest absolute Gasteiger partial charge is 0.459 e. The summed E-state index contributed by atoms with van der Waals surface area (Å²) in [5.41, 5.74) is -7.71. The number of likely N-dealkylation sites (N-methyl/N-ethyl adjacent to an activating group) is 1. The summed E-state index contributed by atoms with van der Waals surface area (Å²) in [4.78, 5) is 14.5. The lowest BCUT2D eigenvalue weighted by molar-refractivity contribution is -0.336. The Morgan fingerprint density at radius 2 is 1.59 bits per heavy atom. The summed E-state index contributed by atoms with van der Waals surface area (Å²) in [6, 6.07) is 1.48. The summed E-state index contributed by atoms with van der Waals surface area (Å²) >= 11 is 0. The molecule has 0 amide bonds. The maximum absolute atomic E-state index is 14.5. The molecule has 412 valence electrons. The van der Waals surface area contributed by atoms with E-state index in [2.05, 4.69) is 29.2 Å². The van der Waals surface area contributed by atoms with Gasteiger partial charge in [0.2, 0.25) is 0 Å². The van der Waals surface area contributed by atoms with Gasteiger partial charge in [0.05, 0.1) is 47.5 Å². The number of carbonyl (C=O) groups excluding carboxylic acids is 1. The fourth-order valence-electron chi connectivity index (χ4n) is 10.4. The summed E-state index contributed by atoms with van der Waals surface area (Å²) in [5, 5.41) is 66.9. The number of carbonyl (C=O) groups is 1.